The van der Waals surface area contributed by atoms with Crippen molar-refractivity contribution in [2.75, 3.05) is 0 Å². The fraction of sp³-hybridized carbons (Fsp3) is 0.167. The summed E-state index contributed by atoms with van der Waals surface area (Å²) in [6.07, 6.45) is -5.26. The predicted molar refractivity (Wildman–Crippen MR) is 142 cm³/mol. The zero-order chi connectivity index (χ0) is 28.1. The Hall–Kier alpha value is -4.66. The number of halogens is 3. The van der Waals surface area contributed by atoms with Gasteiger partial charge in [-0.1, -0.05) is 69.3 Å². The fourth-order valence-corrected chi connectivity index (χ4v) is 4.40. The van der Waals surface area contributed by atoms with Crippen LogP contribution in [0.2, 0.25) is 0 Å². The van der Waals surface area contributed by atoms with Crippen molar-refractivity contribution < 1.29 is 32.6 Å². The van der Waals surface area contributed by atoms with Crippen molar-refractivity contribution in [3.63, 3.8) is 0 Å². The summed E-state index contributed by atoms with van der Waals surface area (Å²) in [5.74, 6) is -3.93. The summed E-state index contributed by atoms with van der Waals surface area (Å²) >= 11 is 0. The number of hydrogen-bond donors (Lipinski definition) is 2. The van der Waals surface area contributed by atoms with Crippen LogP contribution in [0, 0.1) is 0 Å². The van der Waals surface area contributed by atoms with Gasteiger partial charge in [0, 0.05) is 5.56 Å². The van der Waals surface area contributed by atoms with E-state index in [0.717, 1.165) is 22.8 Å². The van der Waals surface area contributed by atoms with Gasteiger partial charge in [0.1, 0.15) is 17.1 Å². The quantitative estimate of drug-likeness (QED) is 0.185. The minimum Gasteiger partial charge on any atom is -0.478 e. The Bertz CT molecular complexity index is 1750. The molecule has 0 saturated carbocycles. The molecule has 1 aromatic heterocycles. The van der Waals surface area contributed by atoms with Crippen LogP contribution in [-0.4, -0.2) is 33.2 Å². The number of carbonyl (C=O) groups is 2. The number of hydrogen-bond acceptors (Lipinski definition) is 4. The lowest BCUT2D eigenvalue weighted by atomic mass is 9.86. The maximum atomic E-state index is 13.0. The smallest absolute Gasteiger partial charge is 0.478 e. The SMILES string of the molecule is CC(C)(C)c1ccc(-c2cccc(-c3nc4c(ccc5cc(C(=O)O)cc(OC(=O)C(F)(F)F)c54)[nH]3)c2)cc1. The van der Waals surface area contributed by atoms with Crippen LogP contribution in [-0.2, 0) is 10.2 Å². The fourth-order valence-electron chi connectivity index (χ4n) is 4.40. The number of carboxylic acid groups (broad SMARTS) is 1. The van der Waals surface area contributed by atoms with E-state index in [0.29, 0.717) is 11.3 Å². The number of nitrogens with one attached hydrogen (secondary N) is 1. The Morgan fingerprint density at radius 1 is 0.872 bits per heavy atom. The van der Waals surface area contributed by atoms with Gasteiger partial charge >= 0.3 is 18.1 Å². The minimum absolute atomic E-state index is 0.0237. The lowest BCUT2D eigenvalue weighted by Gasteiger charge is -2.19. The van der Waals surface area contributed by atoms with Crippen molar-refractivity contribution in [2.24, 2.45) is 0 Å². The number of alkyl halides is 3. The van der Waals surface area contributed by atoms with Crippen molar-refractivity contribution in [1.29, 1.82) is 0 Å². The lowest BCUT2D eigenvalue weighted by molar-refractivity contribution is -0.189. The third-order valence-electron chi connectivity index (χ3n) is 6.43. The van der Waals surface area contributed by atoms with Gasteiger partial charge in [-0.2, -0.15) is 13.2 Å². The summed E-state index contributed by atoms with van der Waals surface area (Å²) in [5, 5.41) is 9.77. The molecule has 0 amide bonds. The highest BCUT2D eigenvalue weighted by Crippen LogP contribution is 2.36. The maximum Gasteiger partial charge on any atom is 0.491 e. The second kappa shape index (κ2) is 9.27. The molecule has 0 bridgehead atoms. The van der Waals surface area contributed by atoms with Crippen LogP contribution < -0.4 is 4.74 Å². The zero-order valence-corrected chi connectivity index (χ0v) is 21.2. The first-order valence-corrected chi connectivity index (χ1v) is 12.0. The summed E-state index contributed by atoms with van der Waals surface area (Å²) in [5.41, 5.74) is 4.31. The third kappa shape index (κ3) is 5.07. The minimum atomic E-state index is -5.26. The van der Waals surface area contributed by atoms with Gasteiger partial charge in [0.25, 0.3) is 0 Å². The molecule has 0 spiro atoms. The molecule has 198 valence electrons. The average Bonchev–Trinajstić information content (AvgIpc) is 3.32. The number of aromatic nitrogens is 2. The molecule has 6 nitrogen and oxygen atoms in total. The summed E-state index contributed by atoms with van der Waals surface area (Å²) in [6.45, 7) is 6.43. The molecule has 5 aromatic rings. The van der Waals surface area contributed by atoms with Crippen LogP contribution in [0.5, 0.6) is 5.75 Å². The Balaban J connectivity index is 1.62. The van der Waals surface area contributed by atoms with E-state index in [4.69, 9.17) is 0 Å². The van der Waals surface area contributed by atoms with Crippen molar-refractivity contribution in [1.82, 2.24) is 9.97 Å². The first kappa shape index (κ1) is 26.0. The van der Waals surface area contributed by atoms with E-state index in [1.807, 2.05) is 36.4 Å². The first-order chi connectivity index (χ1) is 18.3. The summed E-state index contributed by atoms with van der Waals surface area (Å²) in [7, 11) is 0. The number of nitrogens with zero attached hydrogens (tertiary/aromatic N) is 1. The van der Waals surface area contributed by atoms with E-state index in [2.05, 4.69) is 47.6 Å². The predicted octanol–water partition coefficient (Wildman–Crippen LogP) is 7.51. The molecule has 0 radical (unpaired) electrons. The van der Waals surface area contributed by atoms with Crippen LogP contribution in [0.1, 0.15) is 36.7 Å². The molecule has 0 atom stereocenters. The molecular formula is C30H23F3N2O4. The standard InChI is InChI=1S/C30H23F3N2O4/c1-29(2,3)21-10-7-16(8-11-21)17-5-4-6-19(13-17)26-34-22-12-9-18-14-20(27(36)37)15-23(24(18)25(22)35-26)39-28(38)30(31,32)33/h4-15H,1-3H3,(H,34,35)(H,36,37). The highest BCUT2D eigenvalue weighted by Gasteiger charge is 2.41. The van der Waals surface area contributed by atoms with Crippen LogP contribution in [0.25, 0.3) is 44.3 Å². The largest absolute Gasteiger partial charge is 0.491 e. The van der Waals surface area contributed by atoms with Crippen LogP contribution in [0.15, 0.2) is 72.8 Å². The Labute approximate surface area is 221 Å². The maximum absolute atomic E-state index is 13.0. The van der Waals surface area contributed by atoms with Gasteiger partial charge in [-0.3, -0.25) is 0 Å². The van der Waals surface area contributed by atoms with E-state index in [9.17, 15) is 27.9 Å². The topological polar surface area (TPSA) is 92.3 Å². The van der Waals surface area contributed by atoms with Gasteiger partial charge in [0.05, 0.1) is 16.5 Å². The highest BCUT2D eigenvalue weighted by molar-refractivity contribution is 6.11. The molecule has 1 heterocycles. The summed E-state index contributed by atoms with van der Waals surface area (Å²) in [4.78, 5) is 31.0. The first-order valence-electron chi connectivity index (χ1n) is 12.0. The van der Waals surface area contributed by atoms with Crippen molar-refractivity contribution in [2.45, 2.75) is 32.4 Å². The van der Waals surface area contributed by atoms with E-state index >= 15 is 0 Å². The molecule has 0 unspecified atom stereocenters. The van der Waals surface area contributed by atoms with Gasteiger partial charge in [-0.15, -0.1) is 0 Å². The van der Waals surface area contributed by atoms with E-state index in [-0.39, 0.29) is 27.3 Å². The second-order valence-corrected chi connectivity index (χ2v) is 10.2. The number of carboxylic acids is 1. The normalized spacial score (nSPS) is 12.2. The van der Waals surface area contributed by atoms with Gasteiger partial charge < -0.3 is 14.8 Å². The number of carbonyl (C=O) groups excluding carboxylic acids is 1. The van der Waals surface area contributed by atoms with Crippen LogP contribution in [0.4, 0.5) is 13.2 Å². The van der Waals surface area contributed by atoms with Gasteiger partial charge in [0.15, 0.2) is 0 Å². The number of aromatic amines is 1. The number of imidazole rings is 1. The molecule has 0 aliphatic heterocycles. The number of ether oxygens (including phenoxy) is 1. The molecule has 2 N–H and O–H groups in total. The number of rotatable bonds is 4. The Morgan fingerprint density at radius 2 is 1.56 bits per heavy atom. The molecule has 0 aliphatic rings. The van der Waals surface area contributed by atoms with E-state index in [1.165, 1.54) is 17.7 Å². The molecule has 0 fully saturated rings. The van der Waals surface area contributed by atoms with E-state index < -0.39 is 23.9 Å². The Morgan fingerprint density at radius 3 is 2.21 bits per heavy atom. The highest BCUT2D eigenvalue weighted by atomic mass is 19.4. The second-order valence-electron chi connectivity index (χ2n) is 10.2. The van der Waals surface area contributed by atoms with Crippen LogP contribution >= 0.6 is 0 Å². The van der Waals surface area contributed by atoms with Crippen molar-refractivity contribution >= 4 is 33.7 Å². The van der Waals surface area contributed by atoms with Gasteiger partial charge in [0.2, 0.25) is 0 Å². The average molecular weight is 533 g/mol. The van der Waals surface area contributed by atoms with Crippen LogP contribution in [0.3, 0.4) is 0 Å². The third-order valence-corrected chi connectivity index (χ3v) is 6.43. The van der Waals surface area contributed by atoms with Gasteiger partial charge in [-0.05, 0) is 51.8 Å². The Kier molecular flexibility index (Phi) is 6.17. The number of aromatic carboxylic acids is 1. The molecule has 5 rings (SSSR count). The molecule has 0 aliphatic carbocycles. The monoisotopic (exact) mass is 532 g/mol. The molecular weight excluding hydrogens is 509 g/mol. The number of fused-ring (bicyclic) bond motifs is 3. The van der Waals surface area contributed by atoms with Crippen molar-refractivity contribution in [3.8, 4) is 28.3 Å². The van der Waals surface area contributed by atoms with Crippen molar-refractivity contribution in [3.05, 3.63) is 83.9 Å². The molecule has 9 heteroatoms. The molecule has 39 heavy (non-hydrogen) atoms. The van der Waals surface area contributed by atoms with E-state index in [1.54, 1.807) is 6.07 Å². The number of benzene rings is 4. The zero-order valence-electron chi connectivity index (χ0n) is 21.2. The molecule has 4 aromatic carbocycles. The summed E-state index contributed by atoms with van der Waals surface area (Å²) in [6, 6.07) is 21.3. The number of esters is 1. The summed E-state index contributed by atoms with van der Waals surface area (Å²) < 4.78 is 43.6. The number of H-pyrrole nitrogens is 1. The lowest BCUT2D eigenvalue weighted by Crippen LogP contribution is -2.28. The van der Waals surface area contributed by atoms with Gasteiger partial charge in [-0.25, -0.2) is 14.6 Å². The molecule has 0 saturated heterocycles.